The van der Waals surface area contributed by atoms with Gasteiger partial charge in [0, 0.05) is 26.7 Å². The van der Waals surface area contributed by atoms with E-state index in [1.165, 1.54) is 11.8 Å². The number of fused-ring (bicyclic) bond motifs is 3. The predicted octanol–water partition coefficient (Wildman–Crippen LogP) is 3.02. The Morgan fingerprint density at radius 1 is 1.21 bits per heavy atom. The van der Waals surface area contributed by atoms with E-state index in [9.17, 15) is 4.79 Å². The third-order valence-corrected chi connectivity index (χ3v) is 5.55. The second kappa shape index (κ2) is 8.34. The van der Waals surface area contributed by atoms with E-state index >= 15 is 0 Å². The highest BCUT2D eigenvalue weighted by molar-refractivity contribution is 7.99. The SMILES string of the molecule is CCOCCCn1c(=O)c2ccccc2n2c(SC(C)c3nnc(C)o3)nnc12. The van der Waals surface area contributed by atoms with Crippen LogP contribution < -0.4 is 5.56 Å². The molecule has 10 heteroatoms. The maximum absolute atomic E-state index is 13.1. The quantitative estimate of drug-likeness (QED) is 0.320. The summed E-state index contributed by atoms with van der Waals surface area (Å²) in [5.74, 6) is 1.56. The van der Waals surface area contributed by atoms with Crippen LogP contribution in [0.4, 0.5) is 0 Å². The lowest BCUT2D eigenvalue weighted by Crippen LogP contribution is -2.24. The van der Waals surface area contributed by atoms with E-state index in [-0.39, 0.29) is 10.8 Å². The molecule has 4 rings (SSSR count). The molecule has 0 aliphatic carbocycles. The highest BCUT2D eigenvalue weighted by atomic mass is 32.2. The Morgan fingerprint density at radius 2 is 2.03 bits per heavy atom. The Kier molecular flexibility index (Phi) is 5.63. The van der Waals surface area contributed by atoms with Gasteiger partial charge in [-0.05, 0) is 32.4 Å². The van der Waals surface area contributed by atoms with Gasteiger partial charge in [-0.1, -0.05) is 23.9 Å². The van der Waals surface area contributed by atoms with Crippen molar-refractivity contribution in [1.29, 1.82) is 0 Å². The summed E-state index contributed by atoms with van der Waals surface area (Å²) in [6.07, 6.45) is 0.717. The van der Waals surface area contributed by atoms with Crippen molar-refractivity contribution < 1.29 is 9.15 Å². The standard InChI is InChI=1S/C19H22N6O3S/c1-4-27-11-7-10-24-17(26)14-8-5-6-9-15(14)25-18(24)22-23-19(25)29-12(2)16-21-20-13(3)28-16/h5-6,8-9,12H,4,7,10-11H2,1-3H3. The van der Waals surface area contributed by atoms with Gasteiger partial charge in [-0.15, -0.1) is 20.4 Å². The first-order valence-corrected chi connectivity index (χ1v) is 10.4. The molecule has 0 fully saturated rings. The van der Waals surface area contributed by atoms with Crippen molar-refractivity contribution in [3.05, 3.63) is 46.4 Å². The molecule has 0 amide bonds. The van der Waals surface area contributed by atoms with E-state index in [4.69, 9.17) is 9.15 Å². The number of para-hydroxylation sites is 1. The molecule has 0 N–H and O–H groups in total. The monoisotopic (exact) mass is 414 g/mol. The molecule has 152 valence electrons. The second-order valence-electron chi connectivity index (χ2n) is 6.56. The fourth-order valence-corrected chi connectivity index (χ4v) is 4.05. The number of thioether (sulfide) groups is 1. The van der Waals surface area contributed by atoms with Crippen LogP contribution >= 0.6 is 11.8 Å². The van der Waals surface area contributed by atoms with Crippen LogP contribution in [-0.2, 0) is 11.3 Å². The van der Waals surface area contributed by atoms with Crippen LogP contribution in [0, 0.1) is 6.92 Å². The molecule has 0 bridgehead atoms. The lowest BCUT2D eigenvalue weighted by atomic mass is 10.2. The second-order valence-corrected chi connectivity index (χ2v) is 7.87. The minimum absolute atomic E-state index is 0.0749. The van der Waals surface area contributed by atoms with Crippen molar-refractivity contribution >= 4 is 28.4 Å². The molecule has 1 aromatic carbocycles. The van der Waals surface area contributed by atoms with Gasteiger partial charge in [0.2, 0.25) is 17.6 Å². The molecule has 1 atom stereocenters. The molecule has 4 aromatic rings. The summed E-state index contributed by atoms with van der Waals surface area (Å²) in [7, 11) is 0. The molecule has 0 radical (unpaired) electrons. The summed E-state index contributed by atoms with van der Waals surface area (Å²) < 4.78 is 14.5. The van der Waals surface area contributed by atoms with Gasteiger partial charge in [0.1, 0.15) is 0 Å². The van der Waals surface area contributed by atoms with Crippen LogP contribution in [0.3, 0.4) is 0 Å². The fourth-order valence-electron chi connectivity index (χ4n) is 3.17. The van der Waals surface area contributed by atoms with Gasteiger partial charge in [0.15, 0.2) is 5.16 Å². The zero-order valence-corrected chi connectivity index (χ0v) is 17.3. The molecule has 0 saturated heterocycles. The average Bonchev–Trinajstić information content (AvgIpc) is 3.34. The van der Waals surface area contributed by atoms with Crippen LogP contribution in [0.5, 0.6) is 0 Å². The maximum Gasteiger partial charge on any atom is 0.262 e. The van der Waals surface area contributed by atoms with Gasteiger partial charge in [-0.2, -0.15) is 0 Å². The molecule has 0 aliphatic heterocycles. The number of hydrogen-bond donors (Lipinski definition) is 0. The summed E-state index contributed by atoms with van der Waals surface area (Å²) in [6.45, 7) is 7.43. The zero-order valence-electron chi connectivity index (χ0n) is 16.5. The Labute approximate surface area is 171 Å². The number of ether oxygens (including phenoxy) is 1. The first-order valence-electron chi connectivity index (χ1n) is 9.51. The van der Waals surface area contributed by atoms with Crippen molar-refractivity contribution in [2.24, 2.45) is 0 Å². The summed E-state index contributed by atoms with van der Waals surface area (Å²) in [4.78, 5) is 13.1. The number of benzene rings is 1. The number of aromatic nitrogens is 6. The normalized spacial score (nSPS) is 12.8. The Balaban J connectivity index is 1.78. The van der Waals surface area contributed by atoms with E-state index < -0.39 is 0 Å². The number of nitrogens with zero attached hydrogens (tertiary/aromatic N) is 6. The van der Waals surface area contributed by atoms with E-state index in [0.29, 0.717) is 47.9 Å². The van der Waals surface area contributed by atoms with E-state index in [0.717, 1.165) is 11.9 Å². The molecule has 3 aromatic heterocycles. The summed E-state index contributed by atoms with van der Waals surface area (Å²) in [5, 5.41) is 17.9. The summed E-state index contributed by atoms with van der Waals surface area (Å²) in [6, 6.07) is 7.50. The third-order valence-electron chi connectivity index (χ3n) is 4.52. The highest BCUT2D eigenvalue weighted by Crippen LogP contribution is 2.34. The van der Waals surface area contributed by atoms with E-state index in [2.05, 4.69) is 20.4 Å². The maximum atomic E-state index is 13.1. The molecule has 1 unspecified atom stereocenters. The van der Waals surface area contributed by atoms with Crippen LogP contribution in [0.1, 0.15) is 37.3 Å². The van der Waals surface area contributed by atoms with E-state index in [1.54, 1.807) is 11.5 Å². The molecular formula is C19H22N6O3S. The van der Waals surface area contributed by atoms with Crippen LogP contribution in [-0.4, -0.2) is 42.6 Å². The van der Waals surface area contributed by atoms with Crippen molar-refractivity contribution in [2.75, 3.05) is 13.2 Å². The lowest BCUT2D eigenvalue weighted by Gasteiger charge is -2.12. The van der Waals surface area contributed by atoms with Gasteiger partial charge >= 0.3 is 0 Å². The summed E-state index contributed by atoms with van der Waals surface area (Å²) in [5.41, 5.74) is 0.698. The molecular weight excluding hydrogens is 392 g/mol. The first-order chi connectivity index (χ1) is 14.1. The van der Waals surface area contributed by atoms with Crippen LogP contribution in [0.25, 0.3) is 16.7 Å². The topological polar surface area (TPSA) is 100 Å². The largest absolute Gasteiger partial charge is 0.424 e. The van der Waals surface area contributed by atoms with Crippen LogP contribution in [0.15, 0.2) is 38.6 Å². The number of rotatable bonds is 8. The van der Waals surface area contributed by atoms with Crippen molar-refractivity contribution in [3.63, 3.8) is 0 Å². The van der Waals surface area contributed by atoms with Crippen LogP contribution in [0.2, 0.25) is 0 Å². The Morgan fingerprint density at radius 3 is 2.79 bits per heavy atom. The van der Waals surface area contributed by atoms with Crippen molar-refractivity contribution in [2.45, 2.75) is 44.1 Å². The number of aryl methyl sites for hydroxylation is 2. The summed E-state index contributed by atoms with van der Waals surface area (Å²) >= 11 is 1.46. The highest BCUT2D eigenvalue weighted by Gasteiger charge is 2.21. The number of hydrogen-bond acceptors (Lipinski definition) is 8. The smallest absolute Gasteiger partial charge is 0.262 e. The molecule has 0 spiro atoms. The first kappa shape index (κ1) is 19.6. The van der Waals surface area contributed by atoms with Gasteiger partial charge in [0.05, 0.1) is 16.2 Å². The molecule has 0 saturated carbocycles. The Bertz CT molecular complexity index is 1200. The van der Waals surface area contributed by atoms with Gasteiger partial charge in [-0.25, -0.2) is 0 Å². The zero-order chi connectivity index (χ0) is 20.4. The van der Waals surface area contributed by atoms with Crippen molar-refractivity contribution in [1.82, 2.24) is 29.4 Å². The third kappa shape index (κ3) is 3.77. The average molecular weight is 414 g/mol. The molecule has 3 heterocycles. The van der Waals surface area contributed by atoms with Gasteiger partial charge in [0.25, 0.3) is 5.56 Å². The predicted molar refractivity (Wildman–Crippen MR) is 109 cm³/mol. The van der Waals surface area contributed by atoms with Gasteiger partial charge in [-0.3, -0.25) is 13.8 Å². The molecule has 9 nitrogen and oxygen atoms in total. The molecule has 0 aliphatic rings. The van der Waals surface area contributed by atoms with Crippen molar-refractivity contribution in [3.8, 4) is 0 Å². The van der Waals surface area contributed by atoms with Gasteiger partial charge < -0.3 is 9.15 Å². The fraction of sp³-hybridized carbons (Fsp3) is 0.421. The van der Waals surface area contributed by atoms with E-state index in [1.807, 2.05) is 42.5 Å². The minimum atomic E-state index is -0.110. The Hall–Kier alpha value is -2.72. The minimum Gasteiger partial charge on any atom is -0.424 e. The molecule has 29 heavy (non-hydrogen) atoms. The lowest BCUT2D eigenvalue weighted by molar-refractivity contribution is 0.141.